The van der Waals surface area contributed by atoms with Gasteiger partial charge in [-0.2, -0.15) is 0 Å². The van der Waals surface area contributed by atoms with Crippen LogP contribution in [-0.4, -0.2) is 69.5 Å². The fraction of sp³-hybridized carbons (Fsp3) is 0.762. The van der Waals surface area contributed by atoms with Crippen molar-refractivity contribution in [2.24, 2.45) is 4.99 Å². The maximum Gasteiger partial charge on any atom is 0.191 e. The highest BCUT2D eigenvalue weighted by atomic mass is 127. The molecule has 2 aliphatic rings. The van der Waals surface area contributed by atoms with E-state index in [0.29, 0.717) is 12.6 Å². The number of ether oxygens (including phenoxy) is 2. The first-order valence-corrected chi connectivity index (χ1v) is 10.9. The van der Waals surface area contributed by atoms with Gasteiger partial charge in [0.1, 0.15) is 5.76 Å². The molecule has 1 atom stereocenters. The van der Waals surface area contributed by atoms with Gasteiger partial charge in [-0.3, -0.25) is 9.89 Å². The fourth-order valence-electron chi connectivity index (χ4n) is 3.81. The van der Waals surface area contributed by atoms with E-state index in [4.69, 9.17) is 18.9 Å². The van der Waals surface area contributed by atoms with Crippen LogP contribution >= 0.6 is 24.0 Å². The lowest BCUT2D eigenvalue weighted by Gasteiger charge is -2.24. The number of likely N-dealkylation sites (tertiary alicyclic amines) is 1. The van der Waals surface area contributed by atoms with Crippen LogP contribution in [-0.2, 0) is 9.47 Å². The fourth-order valence-corrected chi connectivity index (χ4v) is 3.81. The molecule has 1 aromatic heterocycles. The zero-order valence-electron chi connectivity index (χ0n) is 17.6. The summed E-state index contributed by atoms with van der Waals surface area (Å²) in [6.45, 7) is 9.16. The number of furan rings is 1. The van der Waals surface area contributed by atoms with Crippen molar-refractivity contribution in [3.05, 3.63) is 24.2 Å². The maximum absolute atomic E-state index is 5.94. The molecular formula is C21H37IN4O3. The molecule has 2 aliphatic heterocycles. The molecule has 0 aromatic carbocycles. The molecule has 0 spiro atoms. The summed E-state index contributed by atoms with van der Waals surface area (Å²) < 4.78 is 17.0. The summed E-state index contributed by atoms with van der Waals surface area (Å²) in [6, 6.07) is 4.24. The van der Waals surface area contributed by atoms with Crippen LogP contribution in [0.25, 0.3) is 0 Å². The lowest BCUT2D eigenvalue weighted by molar-refractivity contribution is -0.0320. The van der Waals surface area contributed by atoms with E-state index in [0.717, 1.165) is 77.0 Å². The van der Waals surface area contributed by atoms with Crippen molar-refractivity contribution in [2.45, 2.75) is 51.2 Å². The normalized spacial score (nSPS) is 19.7. The van der Waals surface area contributed by atoms with Gasteiger partial charge in [0.25, 0.3) is 0 Å². The standard InChI is InChI=1S/C21H36N4O3.HI/c1-2-22-21(23-10-6-14-27-18-8-15-26-16-9-18)24-17-19(20-7-5-13-28-20)25-11-3-4-12-25;/h5,7,13,18-19H,2-4,6,8-12,14-17H2,1H3,(H2,22,23,24);1H. The van der Waals surface area contributed by atoms with Gasteiger partial charge in [-0.1, -0.05) is 0 Å². The predicted octanol–water partition coefficient (Wildman–Crippen LogP) is 3.18. The van der Waals surface area contributed by atoms with E-state index >= 15 is 0 Å². The molecule has 0 radical (unpaired) electrons. The second kappa shape index (κ2) is 14.2. The Morgan fingerprint density at radius 1 is 1.28 bits per heavy atom. The molecule has 0 bridgehead atoms. The van der Waals surface area contributed by atoms with E-state index < -0.39 is 0 Å². The van der Waals surface area contributed by atoms with Crippen LogP contribution in [0.15, 0.2) is 27.8 Å². The highest BCUT2D eigenvalue weighted by molar-refractivity contribution is 14.0. The lowest BCUT2D eigenvalue weighted by atomic mass is 10.1. The molecule has 2 N–H and O–H groups in total. The van der Waals surface area contributed by atoms with E-state index in [-0.39, 0.29) is 30.0 Å². The van der Waals surface area contributed by atoms with Crippen molar-refractivity contribution in [2.75, 3.05) is 52.5 Å². The van der Waals surface area contributed by atoms with E-state index in [1.807, 2.05) is 6.07 Å². The van der Waals surface area contributed by atoms with E-state index in [9.17, 15) is 0 Å². The highest BCUT2D eigenvalue weighted by Crippen LogP contribution is 2.25. The number of guanidine groups is 1. The Labute approximate surface area is 192 Å². The van der Waals surface area contributed by atoms with Gasteiger partial charge in [-0.25, -0.2) is 0 Å². The van der Waals surface area contributed by atoms with Crippen LogP contribution in [0.3, 0.4) is 0 Å². The van der Waals surface area contributed by atoms with Gasteiger partial charge in [-0.15, -0.1) is 24.0 Å². The molecule has 3 heterocycles. The minimum Gasteiger partial charge on any atom is -0.468 e. The van der Waals surface area contributed by atoms with Crippen molar-refractivity contribution < 1.29 is 13.9 Å². The van der Waals surface area contributed by atoms with Gasteiger partial charge < -0.3 is 24.5 Å². The molecule has 2 saturated heterocycles. The lowest BCUT2D eigenvalue weighted by Crippen LogP contribution is -2.39. The quantitative estimate of drug-likeness (QED) is 0.214. The molecule has 2 fully saturated rings. The van der Waals surface area contributed by atoms with Crippen molar-refractivity contribution >= 4 is 29.9 Å². The topological polar surface area (TPSA) is 71.3 Å². The number of rotatable bonds is 10. The van der Waals surface area contributed by atoms with Crippen LogP contribution < -0.4 is 10.6 Å². The minimum atomic E-state index is 0. The monoisotopic (exact) mass is 520 g/mol. The van der Waals surface area contributed by atoms with Crippen LogP contribution in [0.5, 0.6) is 0 Å². The molecule has 0 aliphatic carbocycles. The Kier molecular flexibility index (Phi) is 12.0. The Balaban J connectivity index is 0.00000300. The van der Waals surface area contributed by atoms with Gasteiger partial charge in [0, 0.05) is 32.9 Å². The Bertz CT molecular complexity index is 558. The zero-order chi connectivity index (χ0) is 19.4. The number of hydrogen-bond donors (Lipinski definition) is 2. The summed E-state index contributed by atoms with van der Waals surface area (Å²) in [6.07, 6.45) is 7.63. The average molecular weight is 520 g/mol. The van der Waals surface area contributed by atoms with E-state index in [1.54, 1.807) is 6.26 Å². The third-order valence-corrected chi connectivity index (χ3v) is 5.36. The SMILES string of the molecule is CCNC(=NCC(c1ccco1)N1CCCC1)NCCCOC1CCOCC1.I. The number of hydrogen-bond acceptors (Lipinski definition) is 5. The molecule has 3 rings (SSSR count). The first-order chi connectivity index (χ1) is 13.9. The van der Waals surface area contributed by atoms with Crippen molar-refractivity contribution in [1.29, 1.82) is 0 Å². The van der Waals surface area contributed by atoms with Crippen LogP contribution in [0.4, 0.5) is 0 Å². The molecule has 1 aromatic rings. The summed E-state index contributed by atoms with van der Waals surface area (Å²) in [5.74, 6) is 1.87. The molecule has 7 nitrogen and oxygen atoms in total. The molecule has 166 valence electrons. The average Bonchev–Trinajstić information content (AvgIpc) is 3.43. The molecule has 8 heteroatoms. The van der Waals surface area contributed by atoms with E-state index in [2.05, 4.69) is 28.5 Å². The molecule has 0 saturated carbocycles. The number of aliphatic imine (C=N–C) groups is 1. The van der Waals surface area contributed by atoms with E-state index in [1.165, 1.54) is 12.8 Å². The second-order valence-electron chi connectivity index (χ2n) is 7.46. The number of halogens is 1. The summed E-state index contributed by atoms with van der Waals surface area (Å²) in [5, 5.41) is 6.78. The van der Waals surface area contributed by atoms with Gasteiger partial charge in [0.15, 0.2) is 5.96 Å². The zero-order valence-corrected chi connectivity index (χ0v) is 19.9. The molecule has 29 heavy (non-hydrogen) atoms. The van der Waals surface area contributed by atoms with Crippen LogP contribution in [0.1, 0.15) is 50.8 Å². The Morgan fingerprint density at radius 3 is 2.76 bits per heavy atom. The van der Waals surface area contributed by atoms with Crippen LogP contribution in [0.2, 0.25) is 0 Å². The summed E-state index contributed by atoms with van der Waals surface area (Å²) in [4.78, 5) is 7.32. The summed E-state index contributed by atoms with van der Waals surface area (Å²) >= 11 is 0. The van der Waals surface area contributed by atoms with Gasteiger partial charge >= 0.3 is 0 Å². The molecule has 1 unspecified atom stereocenters. The van der Waals surface area contributed by atoms with Crippen molar-refractivity contribution in [3.8, 4) is 0 Å². The number of nitrogens with one attached hydrogen (secondary N) is 2. The summed E-state index contributed by atoms with van der Waals surface area (Å²) in [5.41, 5.74) is 0. The first-order valence-electron chi connectivity index (χ1n) is 10.9. The van der Waals surface area contributed by atoms with Crippen LogP contribution in [0, 0.1) is 0 Å². The third kappa shape index (κ3) is 8.43. The predicted molar refractivity (Wildman–Crippen MR) is 126 cm³/mol. The Morgan fingerprint density at radius 2 is 2.07 bits per heavy atom. The highest BCUT2D eigenvalue weighted by Gasteiger charge is 2.25. The second-order valence-corrected chi connectivity index (χ2v) is 7.46. The summed E-state index contributed by atoms with van der Waals surface area (Å²) in [7, 11) is 0. The van der Waals surface area contributed by atoms with Crippen molar-refractivity contribution in [1.82, 2.24) is 15.5 Å². The van der Waals surface area contributed by atoms with Gasteiger partial charge in [0.2, 0.25) is 0 Å². The maximum atomic E-state index is 5.94. The molecular weight excluding hydrogens is 483 g/mol. The third-order valence-electron chi connectivity index (χ3n) is 5.36. The largest absolute Gasteiger partial charge is 0.468 e. The Hall–Kier alpha value is -0.840. The van der Waals surface area contributed by atoms with Gasteiger partial charge in [-0.05, 0) is 64.3 Å². The first kappa shape index (κ1) is 24.4. The van der Waals surface area contributed by atoms with Gasteiger partial charge in [0.05, 0.1) is 25.0 Å². The molecule has 0 amide bonds. The van der Waals surface area contributed by atoms with Crippen molar-refractivity contribution in [3.63, 3.8) is 0 Å². The number of nitrogens with zero attached hydrogens (tertiary/aromatic N) is 2. The minimum absolute atomic E-state index is 0. The smallest absolute Gasteiger partial charge is 0.191 e.